The zero-order chi connectivity index (χ0) is 8.97. The highest BCUT2D eigenvalue weighted by atomic mass is 16.3. The minimum Gasteiger partial charge on any atom is -0.387 e. The van der Waals surface area contributed by atoms with E-state index in [1.54, 1.807) is 11.0 Å². The van der Waals surface area contributed by atoms with Gasteiger partial charge >= 0.3 is 0 Å². The molecule has 1 aromatic rings. The van der Waals surface area contributed by atoms with Crippen LogP contribution in [0.3, 0.4) is 0 Å². The molecular formula is C8H13N3O. The molecule has 1 heterocycles. The molecule has 0 spiro atoms. The summed E-state index contributed by atoms with van der Waals surface area (Å²) in [7, 11) is 0. The van der Waals surface area contributed by atoms with Crippen molar-refractivity contribution in [3.8, 4) is 0 Å². The van der Waals surface area contributed by atoms with Crippen molar-refractivity contribution in [2.75, 3.05) is 0 Å². The fraction of sp³-hybridized carbons (Fsp3) is 0.500. The maximum absolute atomic E-state index is 9.53. The molecule has 1 aromatic heterocycles. The predicted octanol–water partition coefficient (Wildman–Crippen LogP) is 0.910. The summed E-state index contributed by atoms with van der Waals surface area (Å²) in [6.07, 6.45) is 5.08. The molecule has 0 bridgehead atoms. The van der Waals surface area contributed by atoms with Gasteiger partial charge in [-0.2, -0.15) is 5.10 Å². The molecule has 0 aromatic carbocycles. The number of hydrogen-bond acceptors (Lipinski definition) is 3. The number of aromatic nitrogens is 3. The molecule has 0 fully saturated rings. The van der Waals surface area contributed by atoms with Crippen LogP contribution in [0.15, 0.2) is 18.7 Å². The fourth-order valence-electron chi connectivity index (χ4n) is 1.03. The van der Waals surface area contributed by atoms with Gasteiger partial charge in [-0.1, -0.05) is 13.0 Å². The fourth-order valence-corrected chi connectivity index (χ4v) is 1.03. The Hall–Kier alpha value is -1.16. The maximum Gasteiger partial charge on any atom is 0.138 e. The van der Waals surface area contributed by atoms with Crippen molar-refractivity contribution in [1.29, 1.82) is 0 Å². The third-order valence-corrected chi connectivity index (χ3v) is 1.71. The van der Waals surface area contributed by atoms with Crippen molar-refractivity contribution >= 4 is 5.70 Å². The topological polar surface area (TPSA) is 50.9 Å². The third kappa shape index (κ3) is 1.71. The molecule has 66 valence electrons. The van der Waals surface area contributed by atoms with Gasteiger partial charge in [0.05, 0.1) is 11.8 Å². The van der Waals surface area contributed by atoms with E-state index >= 15 is 0 Å². The van der Waals surface area contributed by atoms with Gasteiger partial charge in [0.1, 0.15) is 12.7 Å². The van der Waals surface area contributed by atoms with Crippen LogP contribution in [-0.4, -0.2) is 26.0 Å². The molecule has 0 amide bonds. The molecule has 4 nitrogen and oxygen atoms in total. The van der Waals surface area contributed by atoms with Gasteiger partial charge in [0.2, 0.25) is 0 Å². The predicted molar refractivity (Wildman–Crippen MR) is 46.3 cm³/mol. The lowest BCUT2D eigenvalue weighted by Gasteiger charge is -2.11. The Bertz CT molecular complexity index is 253. The largest absolute Gasteiger partial charge is 0.387 e. The van der Waals surface area contributed by atoms with Gasteiger partial charge in [0.25, 0.3) is 0 Å². The summed E-state index contributed by atoms with van der Waals surface area (Å²) >= 11 is 0. The smallest absolute Gasteiger partial charge is 0.138 e. The number of aliphatic hydroxyl groups excluding tert-OH is 1. The molecule has 1 atom stereocenters. The average Bonchev–Trinajstić information content (AvgIpc) is 2.58. The molecule has 1 rings (SSSR count). The summed E-state index contributed by atoms with van der Waals surface area (Å²) in [6.45, 7) is 3.79. The summed E-state index contributed by atoms with van der Waals surface area (Å²) < 4.78 is 1.58. The van der Waals surface area contributed by atoms with Crippen LogP contribution >= 0.6 is 0 Å². The highest BCUT2D eigenvalue weighted by Gasteiger charge is 2.09. The molecule has 0 radical (unpaired) electrons. The van der Waals surface area contributed by atoms with Gasteiger partial charge in [-0.05, 0) is 13.3 Å². The second kappa shape index (κ2) is 4.01. The second-order valence-corrected chi connectivity index (χ2v) is 2.48. The van der Waals surface area contributed by atoms with E-state index in [-0.39, 0.29) is 0 Å². The first-order valence-corrected chi connectivity index (χ1v) is 3.98. The molecular weight excluding hydrogens is 154 g/mol. The molecule has 4 heteroatoms. The molecule has 1 N–H and O–H groups in total. The van der Waals surface area contributed by atoms with Crippen molar-refractivity contribution in [1.82, 2.24) is 14.8 Å². The minimum absolute atomic E-state index is 0.461. The lowest BCUT2D eigenvalue weighted by Crippen LogP contribution is -2.13. The van der Waals surface area contributed by atoms with Crippen LogP contribution in [0, 0.1) is 0 Å². The lowest BCUT2D eigenvalue weighted by molar-refractivity contribution is 0.220. The first-order chi connectivity index (χ1) is 5.79. The molecule has 0 aliphatic rings. The first kappa shape index (κ1) is 8.93. The van der Waals surface area contributed by atoms with E-state index in [9.17, 15) is 5.11 Å². The van der Waals surface area contributed by atoms with E-state index in [2.05, 4.69) is 10.1 Å². The summed E-state index contributed by atoms with van der Waals surface area (Å²) in [6, 6.07) is 0. The van der Waals surface area contributed by atoms with E-state index < -0.39 is 6.10 Å². The zero-order valence-corrected chi connectivity index (χ0v) is 7.31. The van der Waals surface area contributed by atoms with Gasteiger partial charge in [-0.25, -0.2) is 9.67 Å². The lowest BCUT2D eigenvalue weighted by atomic mass is 10.2. The number of nitrogens with zero attached hydrogens (tertiary/aromatic N) is 3. The maximum atomic E-state index is 9.53. The van der Waals surface area contributed by atoms with E-state index in [0.717, 1.165) is 5.70 Å². The van der Waals surface area contributed by atoms with Crippen molar-refractivity contribution in [3.63, 3.8) is 0 Å². The van der Waals surface area contributed by atoms with Crippen LogP contribution < -0.4 is 0 Å². The van der Waals surface area contributed by atoms with Crippen molar-refractivity contribution in [3.05, 3.63) is 18.7 Å². The first-order valence-electron chi connectivity index (χ1n) is 3.98. The summed E-state index contributed by atoms with van der Waals surface area (Å²) in [4.78, 5) is 3.81. The number of rotatable bonds is 3. The van der Waals surface area contributed by atoms with Crippen molar-refractivity contribution < 1.29 is 5.11 Å². The SMILES string of the molecule is C/C=C(/C(O)CC)n1cncn1. The molecule has 12 heavy (non-hydrogen) atoms. The Morgan fingerprint density at radius 2 is 2.50 bits per heavy atom. The van der Waals surface area contributed by atoms with Crippen molar-refractivity contribution in [2.24, 2.45) is 0 Å². The van der Waals surface area contributed by atoms with Crippen LogP contribution in [0.2, 0.25) is 0 Å². The summed E-state index contributed by atoms with van der Waals surface area (Å²) in [5, 5.41) is 13.5. The van der Waals surface area contributed by atoms with E-state index in [4.69, 9.17) is 0 Å². The average molecular weight is 167 g/mol. The van der Waals surface area contributed by atoms with Crippen molar-refractivity contribution in [2.45, 2.75) is 26.4 Å². The van der Waals surface area contributed by atoms with Crippen LogP contribution in [0.25, 0.3) is 5.70 Å². The minimum atomic E-state index is -0.461. The normalized spacial score (nSPS) is 14.8. The standard InChI is InChI=1S/C8H13N3O/c1-3-7(8(12)4-2)11-6-9-5-10-11/h3,5-6,8,12H,4H2,1-2H3/b7-3-. The van der Waals surface area contributed by atoms with Gasteiger partial charge in [0.15, 0.2) is 0 Å². The summed E-state index contributed by atoms with van der Waals surface area (Å²) in [5.41, 5.74) is 0.773. The van der Waals surface area contributed by atoms with E-state index in [0.29, 0.717) is 6.42 Å². The number of allylic oxidation sites excluding steroid dienone is 1. The van der Waals surface area contributed by atoms with Crippen LogP contribution in [-0.2, 0) is 0 Å². The highest BCUT2D eigenvalue weighted by molar-refractivity contribution is 5.46. The Labute approximate surface area is 71.6 Å². The molecule has 0 aliphatic carbocycles. The zero-order valence-electron chi connectivity index (χ0n) is 7.31. The highest BCUT2D eigenvalue weighted by Crippen LogP contribution is 2.10. The van der Waals surface area contributed by atoms with E-state index in [1.165, 1.54) is 6.33 Å². The van der Waals surface area contributed by atoms with Gasteiger partial charge in [-0.15, -0.1) is 0 Å². The molecule has 1 unspecified atom stereocenters. The van der Waals surface area contributed by atoms with Crippen LogP contribution in [0.1, 0.15) is 20.3 Å². The van der Waals surface area contributed by atoms with Gasteiger partial charge in [0, 0.05) is 0 Å². The Morgan fingerprint density at radius 1 is 1.75 bits per heavy atom. The van der Waals surface area contributed by atoms with Gasteiger partial charge in [-0.3, -0.25) is 0 Å². The molecule has 0 saturated carbocycles. The van der Waals surface area contributed by atoms with Crippen LogP contribution in [0.4, 0.5) is 0 Å². The summed E-state index contributed by atoms with van der Waals surface area (Å²) in [5.74, 6) is 0. The number of hydrogen-bond donors (Lipinski definition) is 1. The Morgan fingerprint density at radius 3 is 2.92 bits per heavy atom. The van der Waals surface area contributed by atoms with E-state index in [1.807, 2.05) is 19.9 Å². The number of aliphatic hydroxyl groups is 1. The van der Waals surface area contributed by atoms with Gasteiger partial charge < -0.3 is 5.11 Å². The quantitative estimate of drug-likeness (QED) is 0.728. The third-order valence-electron chi connectivity index (χ3n) is 1.71. The monoisotopic (exact) mass is 167 g/mol. The molecule has 0 aliphatic heterocycles. The Balaban J connectivity index is 2.85. The van der Waals surface area contributed by atoms with Crippen LogP contribution in [0.5, 0.6) is 0 Å². The Kier molecular flexibility index (Phi) is 2.99. The second-order valence-electron chi connectivity index (χ2n) is 2.48. The molecule has 0 saturated heterocycles.